The zero-order valence-electron chi connectivity index (χ0n) is 15.5. The molecule has 1 fully saturated rings. The Bertz CT molecular complexity index is 765. The maximum Gasteiger partial charge on any atom is 0.317 e. The Morgan fingerprint density at radius 3 is 3.04 bits per heavy atom. The van der Waals surface area contributed by atoms with Crippen LogP contribution in [0.1, 0.15) is 18.9 Å². The highest BCUT2D eigenvalue weighted by atomic mass is 16.5. The van der Waals surface area contributed by atoms with Gasteiger partial charge in [-0.15, -0.1) is 0 Å². The Kier molecular flexibility index (Phi) is 6.06. The molecule has 1 saturated heterocycles. The molecule has 1 unspecified atom stereocenters. The van der Waals surface area contributed by atoms with Crippen LogP contribution in [0, 0.1) is 0 Å². The van der Waals surface area contributed by atoms with Crippen LogP contribution in [0.25, 0.3) is 10.9 Å². The number of anilines is 1. The second kappa shape index (κ2) is 8.47. The van der Waals surface area contributed by atoms with Crippen molar-refractivity contribution in [1.29, 1.82) is 0 Å². The fraction of sp³-hybridized carbons (Fsp3) is 0.500. The van der Waals surface area contributed by atoms with Crippen molar-refractivity contribution in [1.82, 2.24) is 9.88 Å². The predicted molar refractivity (Wildman–Crippen MR) is 103 cm³/mol. The van der Waals surface area contributed by atoms with Gasteiger partial charge in [-0.2, -0.15) is 0 Å². The number of hydrogen-bond acceptors (Lipinski definition) is 5. The number of ether oxygens (including phenoxy) is 1. The van der Waals surface area contributed by atoms with Gasteiger partial charge in [0.15, 0.2) is 0 Å². The lowest BCUT2D eigenvalue weighted by Crippen LogP contribution is -2.47. The minimum atomic E-state index is -0.816. The normalized spacial score (nSPS) is 17.8. The second-order valence-corrected chi connectivity index (χ2v) is 6.96. The summed E-state index contributed by atoms with van der Waals surface area (Å²) in [4.78, 5) is 19.5. The SMILES string of the molecule is CCCc1ccc2nccc(N3CCOC(CN(C)CC(=O)O)C3)c2c1. The van der Waals surface area contributed by atoms with Crippen molar-refractivity contribution in [3.05, 3.63) is 36.0 Å². The maximum atomic E-state index is 10.9. The summed E-state index contributed by atoms with van der Waals surface area (Å²) in [5.74, 6) is -0.816. The topological polar surface area (TPSA) is 65.9 Å². The van der Waals surface area contributed by atoms with Gasteiger partial charge in [0.1, 0.15) is 0 Å². The van der Waals surface area contributed by atoms with Gasteiger partial charge in [-0.1, -0.05) is 19.4 Å². The largest absolute Gasteiger partial charge is 0.480 e. The third kappa shape index (κ3) is 4.51. The Balaban J connectivity index is 1.79. The number of rotatable bonds is 7. The molecule has 2 heterocycles. The molecule has 1 N–H and O–H groups in total. The number of aryl methyl sites for hydroxylation is 1. The average Bonchev–Trinajstić information content (AvgIpc) is 2.61. The number of benzene rings is 1. The summed E-state index contributed by atoms with van der Waals surface area (Å²) in [6, 6.07) is 8.58. The van der Waals surface area contributed by atoms with Crippen LogP contribution in [-0.4, -0.2) is 66.9 Å². The molecule has 0 spiro atoms. The molecule has 3 rings (SSSR count). The molecule has 1 aliphatic rings. The number of aromatic nitrogens is 1. The number of nitrogens with zero attached hydrogens (tertiary/aromatic N) is 3. The Morgan fingerprint density at radius 1 is 1.42 bits per heavy atom. The van der Waals surface area contributed by atoms with Crippen LogP contribution in [0.4, 0.5) is 5.69 Å². The third-order valence-corrected chi connectivity index (χ3v) is 4.72. The van der Waals surface area contributed by atoms with E-state index >= 15 is 0 Å². The molecule has 0 amide bonds. The Hall–Kier alpha value is -2.18. The van der Waals surface area contributed by atoms with Crippen molar-refractivity contribution >= 4 is 22.6 Å². The monoisotopic (exact) mass is 357 g/mol. The quantitative estimate of drug-likeness (QED) is 0.821. The number of pyridine rings is 1. The first-order chi connectivity index (χ1) is 12.6. The van der Waals surface area contributed by atoms with E-state index in [9.17, 15) is 4.79 Å². The minimum absolute atomic E-state index is 0.00450. The van der Waals surface area contributed by atoms with Crippen LogP contribution in [0.15, 0.2) is 30.5 Å². The van der Waals surface area contributed by atoms with Crippen molar-refractivity contribution in [2.24, 2.45) is 0 Å². The lowest BCUT2D eigenvalue weighted by atomic mass is 10.0. The van der Waals surface area contributed by atoms with Crippen LogP contribution >= 0.6 is 0 Å². The summed E-state index contributed by atoms with van der Waals surface area (Å²) in [6.07, 6.45) is 4.04. The summed E-state index contributed by atoms with van der Waals surface area (Å²) < 4.78 is 5.86. The van der Waals surface area contributed by atoms with Gasteiger partial charge in [-0.05, 0) is 37.2 Å². The molecule has 0 radical (unpaired) electrons. The first-order valence-corrected chi connectivity index (χ1v) is 9.21. The average molecular weight is 357 g/mol. The molecule has 1 aromatic heterocycles. The summed E-state index contributed by atoms with van der Waals surface area (Å²) in [6.45, 7) is 5.04. The van der Waals surface area contributed by atoms with Crippen LogP contribution < -0.4 is 4.90 Å². The van der Waals surface area contributed by atoms with E-state index in [0.29, 0.717) is 13.2 Å². The highest BCUT2D eigenvalue weighted by molar-refractivity contribution is 5.92. The van der Waals surface area contributed by atoms with Crippen LogP contribution in [0.2, 0.25) is 0 Å². The Morgan fingerprint density at radius 2 is 2.27 bits per heavy atom. The van der Waals surface area contributed by atoms with E-state index in [-0.39, 0.29) is 12.6 Å². The molecule has 2 aromatic rings. The van der Waals surface area contributed by atoms with E-state index < -0.39 is 5.97 Å². The standard InChI is InChI=1S/C20H27N3O3/c1-3-4-15-5-6-18-17(11-15)19(7-8-21-18)23-9-10-26-16(13-23)12-22(2)14-20(24)25/h5-8,11,16H,3-4,9-10,12-14H2,1-2H3,(H,24,25). The smallest absolute Gasteiger partial charge is 0.317 e. The molecule has 6 nitrogen and oxygen atoms in total. The molecule has 26 heavy (non-hydrogen) atoms. The summed E-state index contributed by atoms with van der Waals surface area (Å²) in [5, 5.41) is 10.1. The van der Waals surface area contributed by atoms with Gasteiger partial charge in [0, 0.05) is 36.9 Å². The van der Waals surface area contributed by atoms with E-state index in [1.165, 1.54) is 16.6 Å². The summed E-state index contributed by atoms with van der Waals surface area (Å²) in [5.41, 5.74) is 3.52. The van der Waals surface area contributed by atoms with E-state index in [0.717, 1.165) is 31.4 Å². The molecule has 0 bridgehead atoms. The van der Waals surface area contributed by atoms with Crippen molar-refractivity contribution in [2.45, 2.75) is 25.9 Å². The van der Waals surface area contributed by atoms with Crippen molar-refractivity contribution in [3.63, 3.8) is 0 Å². The second-order valence-electron chi connectivity index (χ2n) is 6.96. The number of carboxylic acid groups (broad SMARTS) is 1. The van der Waals surface area contributed by atoms with Gasteiger partial charge in [0.25, 0.3) is 0 Å². The van der Waals surface area contributed by atoms with Crippen molar-refractivity contribution in [2.75, 3.05) is 44.7 Å². The first kappa shape index (κ1) is 18.6. The number of aliphatic carboxylic acids is 1. The molecule has 0 aliphatic carbocycles. The Labute approximate surface area is 154 Å². The number of likely N-dealkylation sites (N-methyl/N-ethyl adjacent to an activating group) is 1. The van der Waals surface area contributed by atoms with Crippen LogP contribution in [0.5, 0.6) is 0 Å². The van der Waals surface area contributed by atoms with Gasteiger partial charge >= 0.3 is 5.97 Å². The third-order valence-electron chi connectivity index (χ3n) is 4.72. The molecule has 0 saturated carbocycles. The molecule has 140 valence electrons. The van der Waals surface area contributed by atoms with Crippen LogP contribution in [0.3, 0.4) is 0 Å². The van der Waals surface area contributed by atoms with Crippen molar-refractivity contribution in [3.8, 4) is 0 Å². The highest BCUT2D eigenvalue weighted by Crippen LogP contribution is 2.28. The summed E-state index contributed by atoms with van der Waals surface area (Å²) >= 11 is 0. The number of morpholine rings is 1. The lowest BCUT2D eigenvalue weighted by Gasteiger charge is -2.36. The van der Waals surface area contributed by atoms with E-state index in [2.05, 4.69) is 41.1 Å². The number of carbonyl (C=O) groups is 1. The van der Waals surface area contributed by atoms with Gasteiger partial charge in [-0.25, -0.2) is 0 Å². The minimum Gasteiger partial charge on any atom is -0.480 e. The first-order valence-electron chi connectivity index (χ1n) is 9.21. The molecular weight excluding hydrogens is 330 g/mol. The molecular formula is C20H27N3O3. The lowest BCUT2D eigenvalue weighted by molar-refractivity contribution is -0.138. The number of hydrogen-bond donors (Lipinski definition) is 1. The zero-order chi connectivity index (χ0) is 18.5. The molecule has 1 aliphatic heterocycles. The van der Waals surface area contributed by atoms with Gasteiger partial charge < -0.3 is 14.7 Å². The van der Waals surface area contributed by atoms with Gasteiger partial charge in [-0.3, -0.25) is 14.7 Å². The van der Waals surface area contributed by atoms with Gasteiger partial charge in [0.05, 0.1) is 24.8 Å². The fourth-order valence-corrected chi connectivity index (χ4v) is 3.59. The summed E-state index contributed by atoms with van der Waals surface area (Å²) in [7, 11) is 1.81. The zero-order valence-corrected chi connectivity index (χ0v) is 15.5. The van der Waals surface area contributed by atoms with Crippen LogP contribution in [-0.2, 0) is 16.0 Å². The highest BCUT2D eigenvalue weighted by Gasteiger charge is 2.23. The maximum absolute atomic E-state index is 10.9. The molecule has 1 aromatic carbocycles. The van der Waals surface area contributed by atoms with E-state index in [4.69, 9.17) is 9.84 Å². The molecule has 6 heteroatoms. The fourth-order valence-electron chi connectivity index (χ4n) is 3.59. The number of fused-ring (bicyclic) bond motifs is 1. The van der Waals surface area contributed by atoms with Gasteiger partial charge in [0.2, 0.25) is 0 Å². The van der Waals surface area contributed by atoms with E-state index in [1.54, 1.807) is 4.90 Å². The van der Waals surface area contributed by atoms with Crippen molar-refractivity contribution < 1.29 is 14.6 Å². The number of carboxylic acids is 1. The predicted octanol–water partition coefficient (Wildman–Crippen LogP) is 2.41. The van der Waals surface area contributed by atoms with E-state index in [1.807, 2.05) is 13.2 Å². The molecule has 1 atom stereocenters.